The molecule has 0 saturated carbocycles. The summed E-state index contributed by atoms with van der Waals surface area (Å²) in [5.74, 6) is 0. The van der Waals surface area contributed by atoms with Crippen LogP contribution in [0.4, 0.5) is 0 Å². The number of nitrogens with two attached hydrogens (primary N) is 1. The molecule has 1 saturated heterocycles. The Morgan fingerprint density at radius 2 is 2.00 bits per heavy atom. The molecule has 1 aliphatic rings. The molecule has 16 heavy (non-hydrogen) atoms. The van der Waals surface area contributed by atoms with E-state index in [2.05, 4.69) is 49.1 Å². The van der Waals surface area contributed by atoms with Crippen LogP contribution in [0.3, 0.4) is 0 Å². The Kier molecular flexibility index (Phi) is 3.31. The number of hydrogen-bond acceptors (Lipinski definition) is 2. The lowest BCUT2D eigenvalue weighted by molar-refractivity contribution is 0.0960. The maximum absolute atomic E-state index is 6.11. The highest BCUT2D eigenvalue weighted by Gasteiger charge is 2.30. The van der Waals surface area contributed by atoms with E-state index in [-0.39, 0.29) is 0 Å². The van der Waals surface area contributed by atoms with Gasteiger partial charge in [-0.3, -0.25) is 4.90 Å². The van der Waals surface area contributed by atoms with Gasteiger partial charge < -0.3 is 5.73 Å². The minimum absolute atomic E-state index is 0.326. The fourth-order valence-electron chi connectivity index (χ4n) is 2.80. The van der Waals surface area contributed by atoms with E-state index in [1.165, 1.54) is 5.56 Å². The lowest BCUT2D eigenvalue weighted by Crippen LogP contribution is -2.49. The third kappa shape index (κ3) is 3.06. The lowest BCUT2D eigenvalue weighted by Gasteiger charge is -2.41. The van der Waals surface area contributed by atoms with Gasteiger partial charge in [0.1, 0.15) is 0 Å². The van der Waals surface area contributed by atoms with Crippen molar-refractivity contribution in [1.29, 1.82) is 0 Å². The Morgan fingerprint density at radius 1 is 1.31 bits per heavy atom. The van der Waals surface area contributed by atoms with Crippen LogP contribution in [0.15, 0.2) is 30.3 Å². The summed E-state index contributed by atoms with van der Waals surface area (Å²) in [6.07, 6.45) is 1.14. The molecule has 1 aliphatic heterocycles. The number of hydrogen-bond donors (Lipinski definition) is 1. The predicted octanol–water partition coefficient (Wildman–Crippen LogP) is 2.25. The van der Waals surface area contributed by atoms with Crippen LogP contribution in [-0.4, -0.2) is 24.0 Å². The first kappa shape index (κ1) is 11.6. The quantitative estimate of drug-likeness (QED) is 0.825. The molecule has 1 heterocycles. The molecule has 0 aliphatic carbocycles. The molecule has 1 atom stereocenters. The van der Waals surface area contributed by atoms with Crippen molar-refractivity contribution in [2.45, 2.75) is 32.9 Å². The molecule has 0 spiro atoms. The third-order valence-corrected chi connectivity index (χ3v) is 3.21. The average Bonchev–Trinajstić information content (AvgIpc) is 2.15. The summed E-state index contributed by atoms with van der Waals surface area (Å²) < 4.78 is 0. The lowest BCUT2D eigenvalue weighted by atomic mass is 9.82. The molecule has 1 aromatic rings. The van der Waals surface area contributed by atoms with Crippen LogP contribution in [0.5, 0.6) is 0 Å². The smallest absolute Gasteiger partial charge is 0.0234 e. The molecule has 1 aromatic carbocycles. The highest BCUT2D eigenvalue weighted by atomic mass is 15.2. The topological polar surface area (TPSA) is 29.3 Å². The molecule has 0 bridgehead atoms. The number of nitrogens with zero attached hydrogens (tertiary/aromatic N) is 1. The van der Waals surface area contributed by atoms with Crippen molar-refractivity contribution in [3.63, 3.8) is 0 Å². The van der Waals surface area contributed by atoms with Gasteiger partial charge in [0.2, 0.25) is 0 Å². The summed E-state index contributed by atoms with van der Waals surface area (Å²) >= 11 is 0. The Bertz CT molecular complexity index is 332. The monoisotopic (exact) mass is 218 g/mol. The summed E-state index contributed by atoms with van der Waals surface area (Å²) in [7, 11) is 0. The van der Waals surface area contributed by atoms with Gasteiger partial charge in [0.25, 0.3) is 0 Å². The SMILES string of the molecule is CC1(C)C[C@@H](N)CN(Cc2ccccc2)C1. The fourth-order valence-corrected chi connectivity index (χ4v) is 2.80. The summed E-state index contributed by atoms with van der Waals surface area (Å²) in [5.41, 5.74) is 7.85. The van der Waals surface area contributed by atoms with E-state index in [0.29, 0.717) is 11.5 Å². The van der Waals surface area contributed by atoms with Gasteiger partial charge in [0.05, 0.1) is 0 Å². The second kappa shape index (κ2) is 4.56. The summed E-state index contributed by atoms with van der Waals surface area (Å²) in [6.45, 7) is 7.82. The summed E-state index contributed by atoms with van der Waals surface area (Å²) in [6, 6.07) is 11.0. The number of benzene rings is 1. The number of rotatable bonds is 2. The van der Waals surface area contributed by atoms with Crippen LogP contribution in [-0.2, 0) is 6.54 Å². The van der Waals surface area contributed by atoms with Gasteiger partial charge in [-0.15, -0.1) is 0 Å². The van der Waals surface area contributed by atoms with E-state index in [1.807, 2.05) is 0 Å². The van der Waals surface area contributed by atoms with Gasteiger partial charge in [-0.05, 0) is 17.4 Å². The van der Waals surface area contributed by atoms with E-state index in [1.54, 1.807) is 0 Å². The first-order valence-electron chi connectivity index (χ1n) is 6.07. The highest BCUT2D eigenvalue weighted by Crippen LogP contribution is 2.28. The van der Waals surface area contributed by atoms with Crippen LogP contribution in [0.25, 0.3) is 0 Å². The molecule has 2 rings (SSSR count). The minimum Gasteiger partial charge on any atom is -0.327 e. The van der Waals surface area contributed by atoms with Gasteiger partial charge in [0, 0.05) is 25.7 Å². The molecule has 0 radical (unpaired) electrons. The van der Waals surface area contributed by atoms with E-state index in [4.69, 9.17) is 5.73 Å². The van der Waals surface area contributed by atoms with Crippen molar-refractivity contribution in [1.82, 2.24) is 4.90 Å². The van der Waals surface area contributed by atoms with Gasteiger partial charge in [-0.25, -0.2) is 0 Å². The first-order valence-corrected chi connectivity index (χ1v) is 6.07. The van der Waals surface area contributed by atoms with Gasteiger partial charge in [-0.2, -0.15) is 0 Å². The molecule has 0 unspecified atom stereocenters. The third-order valence-electron chi connectivity index (χ3n) is 3.21. The van der Waals surface area contributed by atoms with Crippen molar-refractivity contribution >= 4 is 0 Å². The molecule has 88 valence electrons. The maximum Gasteiger partial charge on any atom is 0.0234 e. The van der Waals surface area contributed by atoms with E-state index in [0.717, 1.165) is 26.1 Å². The molecule has 2 nitrogen and oxygen atoms in total. The molecular weight excluding hydrogens is 196 g/mol. The Hall–Kier alpha value is -0.860. The molecule has 0 aromatic heterocycles. The Morgan fingerprint density at radius 3 is 2.62 bits per heavy atom. The van der Waals surface area contributed by atoms with Gasteiger partial charge >= 0.3 is 0 Å². The summed E-state index contributed by atoms with van der Waals surface area (Å²) in [4.78, 5) is 2.48. The predicted molar refractivity (Wildman–Crippen MR) is 68.1 cm³/mol. The second-order valence-electron chi connectivity index (χ2n) is 5.78. The first-order chi connectivity index (χ1) is 7.55. The molecule has 2 N–H and O–H groups in total. The number of piperidine rings is 1. The van der Waals surface area contributed by atoms with Crippen molar-refractivity contribution in [3.05, 3.63) is 35.9 Å². The maximum atomic E-state index is 6.11. The largest absolute Gasteiger partial charge is 0.327 e. The van der Waals surface area contributed by atoms with Crippen LogP contribution >= 0.6 is 0 Å². The minimum atomic E-state index is 0.326. The Balaban J connectivity index is 2.00. The molecule has 2 heteroatoms. The van der Waals surface area contributed by atoms with E-state index >= 15 is 0 Å². The zero-order valence-electron chi connectivity index (χ0n) is 10.3. The normalized spacial score (nSPS) is 25.6. The van der Waals surface area contributed by atoms with E-state index in [9.17, 15) is 0 Å². The fraction of sp³-hybridized carbons (Fsp3) is 0.571. The van der Waals surface area contributed by atoms with Crippen molar-refractivity contribution in [2.24, 2.45) is 11.1 Å². The zero-order valence-corrected chi connectivity index (χ0v) is 10.3. The Labute approximate surface area is 98.4 Å². The number of likely N-dealkylation sites (tertiary alicyclic amines) is 1. The zero-order chi connectivity index (χ0) is 11.6. The summed E-state index contributed by atoms with van der Waals surface area (Å²) in [5, 5.41) is 0. The van der Waals surface area contributed by atoms with E-state index < -0.39 is 0 Å². The van der Waals surface area contributed by atoms with Gasteiger partial charge in [-0.1, -0.05) is 44.2 Å². The van der Waals surface area contributed by atoms with Crippen LogP contribution in [0.2, 0.25) is 0 Å². The van der Waals surface area contributed by atoms with Crippen LogP contribution < -0.4 is 5.73 Å². The average molecular weight is 218 g/mol. The van der Waals surface area contributed by atoms with Crippen molar-refractivity contribution in [3.8, 4) is 0 Å². The van der Waals surface area contributed by atoms with Gasteiger partial charge in [0.15, 0.2) is 0 Å². The van der Waals surface area contributed by atoms with Crippen LogP contribution in [0, 0.1) is 5.41 Å². The van der Waals surface area contributed by atoms with Crippen molar-refractivity contribution in [2.75, 3.05) is 13.1 Å². The molecular formula is C14H22N2. The van der Waals surface area contributed by atoms with Crippen molar-refractivity contribution < 1.29 is 0 Å². The molecule has 1 fully saturated rings. The standard InChI is InChI=1S/C14H22N2/c1-14(2)8-13(15)10-16(11-14)9-12-6-4-3-5-7-12/h3-7,13H,8-11,15H2,1-2H3/t13-/m1/s1. The second-order valence-corrected chi connectivity index (χ2v) is 5.78. The highest BCUT2D eigenvalue weighted by molar-refractivity contribution is 5.14. The molecule has 0 amide bonds. The van der Waals surface area contributed by atoms with Crippen LogP contribution in [0.1, 0.15) is 25.8 Å².